The fourth-order valence-electron chi connectivity index (χ4n) is 3.20. The lowest BCUT2D eigenvalue weighted by atomic mass is 9.82. The molecule has 1 aliphatic rings. The third-order valence-electron chi connectivity index (χ3n) is 4.84. The fourth-order valence-corrected chi connectivity index (χ4v) is 3.20. The SMILES string of the molecule is C=C(CCc1nnc([C@H]2C[C@@H](OC(F)(F)F)C2)o1)NC(=O)c1cnc2ccccc2n1. The molecule has 4 rings (SSSR count). The Labute approximate surface area is 174 Å². The summed E-state index contributed by atoms with van der Waals surface area (Å²) in [5, 5.41) is 10.5. The summed E-state index contributed by atoms with van der Waals surface area (Å²) in [6.45, 7) is 3.82. The van der Waals surface area contributed by atoms with Crippen molar-refractivity contribution in [3.8, 4) is 0 Å². The van der Waals surface area contributed by atoms with Gasteiger partial charge in [-0.3, -0.25) is 14.5 Å². The zero-order chi connectivity index (χ0) is 22.0. The van der Waals surface area contributed by atoms with Gasteiger partial charge < -0.3 is 9.73 Å². The molecule has 1 amide bonds. The largest absolute Gasteiger partial charge is 0.522 e. The van der Waals surface area contributed by atoms with Crippen molar-refractivity contribution in [1.29, 1.82) is 0 Å². The molecule has 1 fully saturated rings. The Morgan fingerprint density at radius 3 is 2.71 bits per heavy atom. The van der Waals surface area contributed by atoms with Crippen molar-refractivity contribution in [1.82, 2.24) is 25.5 Å². The van der Waals surface area contributed by atoms with Crippen molar-refractivity contribution >= 4 is 16.9 Å². The van der Waals surface area contributed by atoms with Crippen LogP contribution in [0.4, 0.5) is 13.2 Å². The highest BCUT2D eigenvalue weighted by molar-refractivity contribution is 5.94. The second kappa shape index (κ2) is 8.42. The molecule has 1 aliphatic carbocycles. The Kier molecular flexibility index (Phi) is 5.68. The molecule has 0 aliphatic heterocycles. The maximum absolute atomic E-state index is 12.4. The van der Waals surface area contributed by atoms with E-state index in [-0.39, 0.29) is 30.3 Å². The van der Waals surface area contributed by atoms with Gasteiger partial charge in [0, 0.05) is 18.0 Å². The van der Waals surface area contributed by atoms with Gasteiger partial charge in [-0.05, 0) is 31.4 Å². The number of allylic oxidation sites excluding steroid dienone is 1. The van der Waals surface area contributed by atoms with Crippen LogP contribution < -0.4 is 5.32 Å². The van der Waals surface area contributed by atoms with Crippen LogP contribution in [0.3, 0.4) is 0 Å². The molecule has 3 aromatic rings. The molecular formula is C20H18F3N5O3. The minimum atomic E-state index is -4.64. The highest BCUT2D eigenvalue weighted by atomic mass is 19.4. The molecule has 0 atom stereocenters. The highest BCUT2D eigenvalue weighted by Crippen LogP contribution is 2.40. The Bertz CT molecular complexity index is 1110. The molecule has 11 heteroatoms. The van der Waals surface area contributed by atoms with E-state index in [4.69, 9.17) is 4.42 Å². The molecule has 2 heterocycles. The number of carbonyl (C=O) groups is 1. The Morgan fingerprint density at radius 2 is 1.97 bits per heavy atom. The second-order valence-electron chi connectivity index (χ2n) is 7.19. The van der Waals surface area contributed by atoms with E-state index >= 15 is 0 Å². The number of benzene rings is 1. The lowest BCUT2D eigenvalue weighted by Gasteiger charge is -2.32. The van der Waals surface area contributed by atoms with Gasteiger partial charge in [0.25, 0.3) is 5.91 Å². The van der Waals surface area contributed by atoms with E-state index in [1.807, 2.05) is 12.1 Å². The van der Waals surface area contributed by atoms with Crippen molar-refractivity contribution in [3.05, 3.63) is 60.2 Å². The zero-order valence-corrected chi connectivity index (χ0v) is 16.2. The number of amides is 1. The maximum atomic E-state index is 12.4. The van der Waals surface area contributed by atoms with Gasteiger partial charge >= 0.3 is 6.36 Å². The van der Waals surface area contributed by atoms with Gasteiger partial charge in [0.2, 0.25) is 11.8 Å². The van der Waals surface area contributed by atoms with E-state index in [1.165, 1.54) is 6.20 Å². The summed E-state index contributed by atoms with van der Waals surface area (Å²) in [6, 6.07) is 7.21. The molecule has 8 nitrogen and oxygen atoms in total. The quantitative estimate of drug-likeness (QED) is 0.606. The van der Waals surface area contributed by atoms with E-state index in [2.05, 4.69) is 36.8 Å². The van der Waals surface area contributed by atoms with Crippen LogP contribution in [0, 0.1) is 0 Å². The van der Waals surface area contributed by atoms with E-state index in [9.17, 15) is 18.0 Å². The van der Waals surface area contributed by atoms with Gasteiger partial charge in [-0.15, -0.1) is 23.4 Å². The normalized spacial score (nSPS) is 18.5. The van der Waals surface area contributed by atoms with E-state index in [0.717, 1.165) is 0 Å². The van der Waals surface area contributed by atoms with Crippen LogP contribution in [-0.2, 0) is 11.2 Å². The van der Waals surface area contributed by atoms with Gasteiger partial charge in [0.1, 0.15) is 5.69 Å². The van der Waals surface area contributed by atoms with Crippen LogP contribution in [0.1, 0.15) is 47.5 Å². The summed E-state index contributed by atoms with van der Waals surface area (Å²) in [4.78, 5) is 20.8. The van der Waals surface area contributed by atoms with Gasteiger partial charge in [-0.25, -0.2) is 4.98 Å². The third-order valence-corrected chi connectivity index (χ3v) is 4.84. The summed E-state index contributed by atoms with van der Waals surface area (Å²) < 4.78 is 46.0. The Balaban J connectivity index is 1.25. The predicted octanol–water partition coefficient (Wildman–Crippen LogP) is 3.67. The van der Waals surface area contributed by atoms with Crippen LogP contribution >= 0.6 is 0 Å². The Morgan fingerprint density at radius 1 is 1.23 bits per heavy atom. The molecule has 0 spiro atoms. The van der Waals surface area contributed by atoms with Crippen LogP contribution in [0.25, 0.3) is 11.0 Å². The number of hydrogen-bond acceptors (Lipinski definition) is 7. The smallest absolute Gasteiger partial charge is 0.425 e. The molecule has 1 N–H and O–H groups in total. The fraction of sp³-hybridized carbons (Fsp3) is 0.350. The number of halogens is 3. The first-order valence-corrected chi connectivity index (χ1v) is 9.54. The lowest BCUT2D eigenvalue weighted by molar-refractivity contribution is -0.352. The number of rotatable bonds is 7. The number of nitrogens with one attached hydrogen (secondary N) is 1. The maximum Gasteiger partial charge on any atom is 0.522 e. The van der Waals surface area contributed by atoms with Crippen LogP contribution in [-0.4, -0.2) is 38.5 Å². The minimum absolute atomic E-state index is 0.167. The Hall–Kier alpha value is -3.34. The van der Waals surface area contributed by atoms with Gasteiger partial charge in [0.05, 0.1) is 23.3 Å². The first kappa shape index (κ1) is 20.9. The van der Waals surface area contributed by atoms with E-state index in [0.29, 0.717) is 35.5 Å². The summed E-state index contributed by atoms with van der Waals surface area (Å²) >= 11 is 0. The molecule has 31 heavy (non-hydrogen) atoms. The topological polar surface area (TPSA) is 103 Å². The average molecular weight is 433 g/mol. The van der Waals surface area contributed by atoms with Gasteiger partial charge in [-0.2, -0.15) is 0 Å². The third kappa shape index (κ3) is 5.23. The van der Waals surface area contributed by atoms with E-state index in [1.54, 1.807) is 12.1 Å². The van der Waals surface area contributed by atoms with E-state index < -0.39 is 18.4 Å². The number of fused-ring (bicyclic) bond motifs is 1. The number of carbonyl (C=O) groups excluding carboxylic acids is 1. The molecule has 162 valence electrons. The number of aryl methyl sites for hydroxylation is 1. The van der Waals surface area contributed by atoms with Crippen molar-refractivity contribution in [2.24, 2.45) is 0 Å². The number of alkyl halides is 3. The predicted molar refractivity (Wildman–Crippen MR) is 102 cm³/mol. The van der Waals surface area contributed by atoms with Crippen LogP contribution in [0.15, 0.2) is 47.2 Å². The number of aromatic nitrogens is 4. The molecule has 2 aromatic heterocycles. The molecule has 1 aromatic carbocycles. The average Bonchev–Trinajstić information content (AvgIpc) is 3.16. The summed E-state index contributed by atoms with van der Waals surface area (Å²) in [5.41, 5.74) is 1.90. The number of ether oxygens (including phenoxy) is 1. The van der Waals surface area contributed by atoms with Crippen LogP contribution in [0.5, 0.6) is 0 Å². The molecule has 0 saturated heterocycles. The molecular weight excluding hydrogens is 415 g/mol. The summed E-state index contributed by atoms with van der Waals surface area (Å²) in [5.74, 6) is -0.0724. The van der Waals surface area contributed by atoms with Gasteiger partial charge in [-0.1, -0.05) is 18.7 Å². The van der Waals surface area contributed by atoms with Crippen molar-refractivity contribution in [2.45, 2.75) is 44.1 Å². The molecule has 1 saturated carbocycles. The summed E-state index contributed by atoms with van der Waals surface area (Å²) in [6.07, 6.45) is -3.10. The number of hydrogen-bond donors (Lipinski definition) is 1. The van der Waals surface area contributed by atoms with Crippen molar-refractivity contribution in [3.63, 3.8) is 0 Å². The van der Waals surface area contributed by atoms with Crippen molar-refractivity contribution < 1.29 is 27.1 Å². The summed E-state index contributed by atoms with van der Waals surface area (Å²) in [7, 11) is 0. The number of nitrogens with zero attached hydrogens (tertiary/aromatic N) is 4. The monoisotopic (exact) mass is 433 g/mol. The standard InChI is InChI=1S/C20H18F3N5O3/c1-11(25-18(29)16-10-24-14-4-2-3-5-15(14)26-16)6-7-17-27-28-19(30-17)12-8-13(9-12)31-20(21,22)23/h2-5,10,12-13H,1,6-9H2,(H,25,29)/t12-,13+. The lowest BCUT2D eigenvalue weighted by Crippen LogP contribution is -2.34. The van der Waals surface area contributed by atoms with Crippen molar-refractivity contribution in [2.75, 3.05) is 0 Å². The molecule has 0 bridgehead atoms. The molecule has 0 radical (unpaired) electrons. The van der Waals surface area contributed by atoms with Crippen LogP contribution in [0.2, 0.25) is 0 Å². The highest BCUT2D eigenvalue weighted by Gasteiger charge is 2.42. The number of para-hydroxylation sites is 2. The van der Waals surface area contributed by atoms with Gasteiger partial charge in [0.15, 0.2) is 0 Å². The molecule has 0 unspecified atom stereocenters. The zero-order valence-electron chi connectivity index (χ0n) is 16.2. The minimum Gasteiger partial charge on any atom is -0.425 e. The first-order chi connectivity index (χ1) is 14.8. The first-order valence-electron chi connectivity index (χ1n) is 9.54. The second-order valence-corrected chi connectivity index (χ2v) is 7.19.